The lowest BCUT2D eigenvalue weighted by Crippen LogP contribution is -2.50. The predicted octanol–water partition coefficient (Wildman–Crippen LogP) is 3.62. The molecule has 0 bridgehead atoms. The first-order valence-electron chi connectivity index (χ1n) is 12.3. The Labute approximate surface area is 205 Å². The van der Waals surface area contributed by atoms with Crippen LogP contribution < -0.4 is 9.80 Å². The summed E-state index contributed by atoms with van der Waals surface area (Å²) >= 11 is 0. The maximum atomic E-state index is 13.2. The molecule has 2 saturated heterocycles. The zero-order valence-corrected chi connectivity index (χ0v) is 20.5. The number of aryl methyl sites for hydroxylation is 3. The first-order valence-corrected chi connectivity index (χ1v) is 12.3. The molecule has 2 aliphatic heterocycles. The number of amides is 2. The molecule has 2 fully saturated rings. The van der Waals surface area contributed by atoms with Crippen molar-refractivity contribution in [2.75, 3.05) is 42.5 Å². The average molecular weight is 474 g/mol. The molecule has 0 radical (unpaired) electrons. The second kappa shape index (κ2) is 9.52. The molecule has 0 N–H and O–H groups in total. The Hall–Kier alpha value is -3.68. The number of rotatable bonds is 5. The van der Waals surface area contributed by atoms with Crippen LogP contribution in [0.25, 0.3) is 11.4 Å². The highest BCUT2D eigenvalue weighted by atomic mass is 16.5. The summed E-state index contributed by atoms with van der Waals surface area (Å²) in [5.74, 6) is 1.06. The zero-order valence-electron chi connectivity index (χ0n) is 20.5. The van der Waals surface area contributed by atoms with Crippen LogP contribution in [0.4, 0.5) is 11.4 Å². The Morgan fingerprint density at radius 3 is 2.37 bits per heavy atom. The molecule has 1 unspecified atom stereocenters. The maximum Gasteiger partial charge on any atom is 0.228 e. The number of anilines is 2. The number of hydrogen-bond donors (Lipinski definition) is 0. The fourth-order valence-corrected chi connectivity index (χ4v) is 4.80. The Balaban J connectivity index is 1.17. The van der Waals surface area contributed by atoms with Gasteiger partial charge in [0.25, 0.3) is 0 Å². The lowest BCUT2D eigenvalue weighted by Gasteiger charge is -2.37. The number of nitrogens with zero attached hydrogens (tertiary/aromatic N) is 5. The van der Waals surface area contributed by atoms with Crippen molar-refractivity contribution in [1.29, 1.82) is 0 Å². The van der Waals surface area contributed by atoms with E-state index in [9.17, 15) is 9.59 Å². The normalized spacial score (nSPS) is 18.4. The zero-order chi connectivity index (χ0) is 24.5. The summed E-state index contributed by atoms with van der Waals surface area (Å²) in [6.07, 6.45) is 0.996. The highest BCUT2D eigenvalue weighted by molar-refractivity contribution is 6.00. The number of carbonyl (C=O) groups is 2. The van der Waals surface area contributed by atoms with Crippen molar-refractivity contribution < 1.29 is 14.1 Å². The molecule has 3 aromatic rings. The van der Waals surface area contributed by atoms with Gasteiger partial charge in [-0.25, -0.2) is 0 Å². The first-order chi connectivity index (χ1) is 16.9. The smallest absolute Gasteiger partial charge is 0.228 e. The van der Waals surface area contributed by atoms with Gasteiger partial charge in [0.15, 0.2) is 0 Å². The van der Waals surface area contributed by atoms with Gasteiger partial charge in [0.2, 0.25) is 23.5 Å². The third-order valence-electron chi connectivity index (χ3n) is 7.13. The van der Waals surface area contributed by atoms with E-state index in [0.29, 0.717) is 37.8 Å². The van der Waals surface area contributed by atoms with Gasteiger partial charge < -0.3 is 19.2 Å². The van der Waals surface area contributed by atoms with Crippen LogP contribution in [0.3, 0.4) is 0 Å². The van der Waals surface area contributed by atoms with Crippen molar-refractivity contribution >= 4 is 23.2 Å². The summed E-state index contributed by atoms with van der Waals surface area (Å²) in [5, 5.41) is 4.03. The number of benzene rings is 2. The van der Waals surface area contributed by atoms with Crippen LogP contribution in [-0.2, 0) is 16.0 Å². The molecule has 0 aliphatic carbocycles. The van der Waals surface area contributed by atoms with Gasteiger partial charge >= 0.3 is 0 Å². The predicted molar refractivity (Wildman–Crippen MR) is 134 cm³/mol. The molecule has 2 aromatic carbocycles. The summed E-state index contributed by atoms with van der Waals surface area (Å²) in [7, 11) is 0. The van der Waals surface area contributed by atoms with E-state index in [-0.39, 0.29) is 24.2 Å². The quantitative estimate of drug-likeness (QED) is 0.563. The van der Waals surface area contributed by atoms with E-state index in [2.05, 4.69) is 34.1 Å². The third kappa shape index (κ3) is 4.65. The Morgan fingerprint density at radius 2 is 1.71 bits per heavy atom. The average Bonchev–Trinajstić information content (AvgIpc) is 3.52. The van der Waals surface area contributed by atoms with Crippen molar-refractivity contribution in [3.63, 3.8) is 0 Å². The highest BCUT2D eigenvalue weighted by Gasteiger charge is 2.38. The lowest BCUT2D eigenvalue weighted by atomic mass is 10.1. The Kier molecular flexibility index (Phi) is 6.28. The molecule has 1 atom stereocenters. The van der Waals surface area contributed by atoms with Crippen LogP contribution in [0.15, 0.2) is 47.0 Å². The molecule has 5 rings (SSSR count). The number of aromatic nitrogens is 2. The Morgan fingerprint density at radius 1 is 1.00 bits per heavy atom. The second-order valence-electron chi connectivity index (χ2n) is 9.40. The van der Waals surface area contributed by atoms with E-state index in [0.717, 1.165) is 35.6 Å². The minimum absolute atomic E-state index is 0.0259. The van der Waals surface area contributed by atoms with Gasteiger partial charge in [-0.05, 0) is 61.4 Å². The van der Waals surface area contributed by atoms with E-state index in [1.807, 2.05) is 49.1 Å². The van der Waals surface area contributed by atoms with Crippen LogP contribution in [0.5, 0.6) is 0 Å². The van der Waals surface area contributed by atoms with E-state index < -0.39 is 0 Å². The van der Waals surface area contributed by atoms with Crippen molar-refractivity contribution in [2.45, 2.75) is 33.6 Å². The number of piperazine rings is 1. The van der Waals surface area contributed by atoms with Gasteiger partial charge in [0.05, 0.1) is 5.92 Å². The third-order valence-corrected chi connectivity index (χ3v) is 7.13. The fraction of sp³-hybridized carbons (Fsp3) is 0.407. The van der Waals surface area contributed by atoms with Gasteiger partial charge in [-0.3, -0.25) is 9.59 Å². The highest BCUT2D eigenvalue weighted by Crippen LogP contribution is 2.29. The molecule has 0 spiro atoms. The molecular formula is C27H31N5O3. The van der Waals surface area contributed by atoms with E-state index in [4.69, 9.17) is 4.52 Å². The summed E-state index contributed by atoms with van der Waals surface area (Å²) in [4.78, 5) is 36.2. The molecule has 8 nitrogen and oxygen atoms in total. The molecule has 35 heavy (non-hydrogen) atoms. The lowest BCUT2D eigenvalue weighted by molar-refractivity contribution is -0.136. The van der Waals surface area contributed by atoms with Gasteiger partial charge in [0.1, 0.15) is 0 Å². The summed E-state index contributed by atoms with van der Waals surface area (Å²) in [6.45, 7) is 9.36. The summed E-state index contributed by atoms with van der Waals surface area (Å²) in [6, 6.07) is 14.2. The largest absolute Gasteiger partial charge is 0.368 e. The van der Waals surface area contributed by atoms with Gasteiger partial charge in [0, 0.05) is 62.5 Å². The van der Waals surface area contributed by atoms with Crippen LogP contribution in [0.2, 0.25) is 0 Å². The molecule has 8 heteroatoms. The topological polar surface area (TPSA) is 82.8 Å². The van der Waals surface area contributed by atoms with E-state index in [1.165, 1.54) is 5.56 Å². The van der Waals surface area contributed by atoms with Crippen molar-refractivity contribution in [2.24, 2.45) is 5.92 Å². The van der Waals surface area contributed by atoms with Gasteiger partial charge in [-0.15, -0.1) is 0 Å². The van der Waals surface area contributed by atoms with E-state index >= 15 is 0 Å². The van der Waals surface area contributed by atoms with Crippen LogP contribution in [0.1, 0.15) is 30.4 Å². The molecule has 1 aromatic heterocycles. The second-order valence-corrected chi connectivity index (χ2v) is 9.40. The molecule has 0 saturated carbocycles. The van der Waals surface area contributed by atoms with E-state index in [1.54, 1.807) is 4.90 Å². The first kappa shape index (κ1) is 23.1. The number of hydrogen-bond acceptors (Lipinski definition) is 6. The van der Waals surface area contributed by atoms with Gasteiger partial charge in [-0.2, -0.15) is 4.98 Å². The van der Waals surface area contributed by atoms with Crippen molar-refractivity contribution in [1.82, 2.24) is 15.0 Å². The summed E-state index contributed by atoms with van der Waals surface area (Å²) in [5.41, 5.74) is 5.26. The Bertz CT molecular complexity index is 1230. The minimum atomic E-state index is -0.280. The SMILES string of the molecule is CCc1nc(-c2ccc(N3CCN(C(=O)C4CC(=O)N(c5ccc(C)c(C)c5)C4)CC3)cc2)no1. The fourth-order valence-electron chi connectivity index (χ4n) is 4.80. The van der Waals surface area contributed by atoms with Crippen molar-refractivity contribution in [3.05, 3.63) is 59.5 Å². The van der Waals surface area contributed by atoms with Crippen LogP contribution >= 0.6 is 0 Å². The molecule has 182 valence electrons. The molecule has 2 amide bonds. The van der Waals surface area contributed by atoms with Crippen LogP contribution in [-0.4, -0.2) is 59.6 Å². The molecular weight excluding hydrogens is 442 g/mol. The van der Waals surface area contributed by atoms with Crippen molar-refractivity contribution in [3.8, 4) is 11.4 Å². The number of carbonyl (C=O) groups excluding carboxylic acids is 2. The molecule has 2 aliphatic rings. The standard InChI is InChI=1S/C27H31N5O3/c1-4-24-28-26(29-35-24)20-6-9-22(10-7-20)30-11-13-31(14-12-30)27(34)21-16-25(33)32(17-21)23-8-5-18(2)19(3)15-23/h5-10,15,21H,4,11-14,16-17H2,1-3H3. The summed E-state index contributed by atoms with van der Waals surface area (Å²) < 4.78 is 5.21. The van der Waals surface area contributed by atoms with Gasteiger partial charge in [-0.1, -0.05) is 18.1 Å². The molecule has 3 heterocycles. The minimum Gasteiger partial charge on any atom is -0.368 e. The van der Waals surface area contributed by atoms with Crippen LogP contribution in [0, 0.1) is 19.8 Å². The monoisotopic (exact) mass is 473 g/mol. The maximum absolute atomic E-state index is 13.2.